The number of halogens is 4. The summed E-state index contributed by atoms with van der Waals surface area (Å²) in [5.74, 6) is -2.08. The van der Waals surface area contributed by atoms with E-state index in [0.29, 0.717) is 16.8 Å². The number of hydrogen-bond donors (Lipinski definition) is 2. The summed E-state index contributed by atoms with van der Waals surface area (Å²) in [5, 5.41) is 5.88. The number of nitrogens with two attached hydrogens (primary N) is 1. The Morgan fingerprint density at radius 2 is 1.84 bits per heavy atom. The van der Waals surface area contributed by atoms with Crippen molar-refractivity contribution < 1.29 is 27.1 Å². The maximum Gasteiger partial charge on any atom is 0.434 e. The van der Waals surface area contributed by atoms with E-state index in [9.17, 15) is 22.4 Å². The number of nitrogen functional groups attached to an aromatic ring is 1. The molecule has 0 aliphatic rings. The number of hydrogen-bond acceptors (Lipinski definition) is 8. The Morgan fingerprint density at radius 3 is 2.49 bits per heavy atom. The highest BCUT2D eigenvalue weighted by molar-refractivity contribution is 6.05. The van der Waals surface area contributed by atoms with Crippen LogP contribution in [0.1, 0.15) is 21.6 Å². The van der Waals surface area contributed by atoms with Gasteiger partial charge >= 0.3 is 6.18 Å². The zero-order chi connectivity index (χ0) is 26.7. The molecular formula is C23H20F4N8O2. The maximum atomic E-state index is 14.8. The van der Waals surface area contributed by atoms with E-state index in [2.05, 4.69) is 25.4 Å². The summed E-state index contributed by atoms with van der Waals surface area (Å²) in [6.45, 7) is 0.383. The number of ether oxygens (including phenoxy) is 1. The van der Waals surface area contributed by atoms with Crippen LogP contribution in [-0.2, 0) is 12.7 Å². The van der Waals surface area contributed by atoms with Gasteiger partial charge in [0.25, 0.3) is 11.9 Å². The molecule has 0 atom stereocenters. The third-order valence-electron chi connectivity index (χ3n) is 4.95. The third-order valence-corrected chi connectivity index (χ3v) is 4.95. The number of nitrogens with one attached hydrogen (secondary N) is 1. The number of carbonyl (C=O) groups is 1. The van der Waals surface area contributed by atoms with Crippen molar-refractivity contribution in [3.05, 3.63) is 77.8 Å². The highest BCUT2D eigenvalue weighted by Gasteiger charge is 2.41. The molecule has 0 saturated carbocycles. The minimum absolute atomic E-state index is 0.102. The topological polar surface area (TPSA) is 124 Å². The van der Waals surface area contributed by atoms with Crippen molar-refractivity contribution in [1.82, 2.24) is 29.6 Å². The second-order valence-corrected chi connectivity index (χ2v) is 7.98. The van der Waals surface area contributed by atoms with Crippen molar-refractivity contribution in [1.29, 1.82) is 0 Å². The Bertz CT molecular complexity index is 1420. The van der Waals surface area contributed by atoms with Crippen LogP contribution in [0.2, 0.25) is 0 Å². The summed E-state index contributed by atoms with van der Waals surface area (Å²) in [4.78, 5) is 26.0. The van der Waals surface area contributed by atoms with Crippen molar-refractivity contribution in [3.8, 4) is 17.4 Å². The van der Waals surface area contributed by atoms with Gasteiger partial charge in [-0.05, 0) is 38.4 Å². The molecule has 0 bridgehead atoms. The molecule has 0 aliphatic heterocycles. The van der Waals surface area contributed by atoms with E-state index in [0.717, 1.165) is 12.3 Å². The lowest BCUT2D eigenvalue weighted by Gasteiger charge is -2.16. The predicted octanol–water partition coefficient (Wildman–Crippen LogP) is 3.90. The van der Waals surface area contributed by atoms with Gasteiger partial charge in [0.1, 0.15) is 11.6 Å². The van der Waals surface area contributed by atoms with E-state index in [1.807, 2.05) is 19.0 Å². The lowest BCUT2D eigenvalue weighted by atomic mass is 10.2. The summed E-state index contributed by atoms with van der Waals surface area (Å²) in [5.41, 5.74) is 4.20. The zero-order valence-corrected chi connectivity index (χ0v) is 19.5. The van der Waals surface area contributed by atoms with Gasteiger partial charge in [-0.3, -0.25) is 4.79 Å². The molecule has 0 spiro atoms. The molecule has 10 nitrogen and oxygen atoms in total. The number of pyridine rings is 1. The summed E-state index contributed by atoms with van der Waals surface area (Å²) in [6, 6.07) is 6.37. The van der Waals surface area contributed by atoms with Crippen LogP contribution in [0.4, 0.5) is 29.1 Å². The molecule has 192 valence electrons. The summed E-state index contributed by atoms with van der Waals surface area (Å²) in [6.07, 6.45) is -0.334. The summed E-state index contributed by atoms with van der Waals surface area (Å²) in [7, 11) is 3.63. The van der Waals surface area contributed by atoms with Crippen molar-refractivity contribution in [2.24, 2.45) is 0 Å². The van der Waals surface area contributed by atoms with Crippen LogP contribution >= 0.6 is 0 Å². The molecule has 1 amide bonds. The molecule has 0 radical (unpaired) electrons. The first-order valence-electron chi connectivity index (χ1n) is 10.6. The van der Waals surface area contributed by atoms with Gasteiger partial charge in [0.15, 0.2) is 17.3 Å². The van der Waals surface area contributed by atoms with Gasteiger partial charge in [-0.1, -0.05) is 0 Å². The molecular weight excluding hydrogens is 496 g/mol. The van der Waals surface area contributed by atoms with Gasteiger partial charge in [0, 0.05) is 36.9 Å². The molecule has 0 unspecified atom stereocenters. The Labute approximate surface area is 207 Å². The lowest BCUT2D eigenvalue weighted by molar-refractivity contribution is -0.143. The second kappa shape index (κ2) is 10.2. The van der Waals surface area contributed by atoms with Gasteiger partial charge in [0.05, 0.1) is 17.3 Å². The van der Waals surface area contributed by atoms with Crippen LogP contribution in [0.3, 0.4) is 0 Å². The highest BCUT2D eigenvalue weighted by Crippen LogP contribution is 2.34. The molecule has 37 heavy (non-hydrogen) atoms. The minimum Gasteiger partial charge on any atom is -0.454 e. The predicted molar refractivity (Wildman–Crippen MR) is 125 cm³/mol. The van der Waals surface area contributed by atoms with Crippen molar-refractivity contribution in [2.45, 2.75) is 12.7 Å². The largest absolute Gasteiger partial charge is 0.454 e. The fraction of sp³-hybridized carbons (Fsp3) is 0.174. The molecule has 0 aliphatic carbocycles. The van der Waals surface area contributed by atoms with Gasteiger partial charge in [-0.25, -0.2) is 19.3 Å². The van der Waals surface area contributed by atoms with Gasteiger partial charge in [-0.15, -0.1) is 0 Å². The number of carbonyl (C=O) groups excluding carboxylic acids is 1. The highest BCUT2D eigenvalue weighted by atomic mass is 19.4. The Hall–Kier alpha value is -4.59. The van der Waals surface area contributed by atoms with Gasteiger partial charge < -0.3 is 20.7 Å². The van der Waals surface area contributed by atoms with Crippen LogP contribution in [-0.4, -0.2) is 49.6 Å². The molecule has 1 aromatic carbocycles. The van der Waals surface area contributed by atoms with E-state index in [4.69, 9.17) is 10.5 Å². The van der Waals surface area contributed by atoms with Gasteiger partial charge in [0.2, 0.25) is 0 Å². The van der Waals surface area contributed by atoms with E-state index in [-0.39, 0.29) is 29.0 Å². The van der Waals surface area contributed by atoms with Crippen LogP contribution in [0, 0.1) is 5.82 Å². The summed E-state index contributed by atoms with van der Waals surface area (Å²) >= 11 is 0. The molecule has 4 aromatic rings. The van der Waals surface area contributed by atoms with Crippen molar-refractivity contribution >= 4 is 17.4 Å². The Kier molecular flexibility index (Phi) is 7.02. The fourth-order valence-corrected chi connectivity index (χ4v) is 3.38. The third kappa shape index (κ3) is 5.64. The average molecular weight is 516 g/mol. The SMILES string of the molecule is CN(C)Cc1c(Oc2ccc(NC(=O)c3cnn(-c4ncccn4)c3C(F)(F)F)cc2F)ccnc1N. The number of rotatable bonds is 7. The number of nitrogens with zero attached hydrogens (tertiary/aromatic N) is 6. The normalized spacial score (nSPS) is 11.5. The molecule has 0 fully saturated rings. The molecule has 14 heteroatoms. The standard InChI is InChI=1S/C23H20F4N8O2/c1-34(2)12-15-17(6-9-29-20(15)28)37-18-5-4-13(10-16(18)24)33-21(36)14-11-32-35(19(14)23(25,26)27)22-30-7-3-8-31-22/h3-11H,12H2,1-2H3,(H2,28,29)(H,33,36). The van der Waals surface area contributed by atoms with Crippen LogP contribution in [0.25, 0.3) is 5.95 Å². The van der Waals surface area contributed by atoms with Crippen LogP contribution in [0.15, 0.2) is 55.1 Å². The number of alkyl halides is 3. The summed E-state index contributed by atoms with van der Waals surface area (Å²) < 4.78 is 62.3. The van der Waals surface area contributed by atoms with E-state index >= 15 is 0 Å². The number of amides is 1. The van der Waals surface area contributed by atoms with Crippen LogP contribution in [0.5, 0.6) is 11.5 Å². The van der Waals surface area contributed by atoms with Gasteiger partial charge in [-0.2, -0.15) is 23.0 Å². The van der Waals surface area contributed by atoms with Crippen LogP contribution < -0.4 is 15.8 Å². The van der Waals surface area contributed by atoms with E-state index < -0.39 is 29.2 Å². The van der Waals surface area contributed by atoms with E-state index in [1.54, 1.807) is 0 Å². The second-order valence-electron chi connectivity index (χ2n) is 7.98. The molecule has 0 saturated heterocycles. The number of aromatic nitrogens is 5. The molecule has 3 heterocycles. The van der Waals surface area contributed by atoms with Crippen molar-refractivity contribution in [2.75, 3.05) is 25.1 Å². The Balaban J connectivity index is 1.58. The minimum atomic E-state index is -4.96. The Morgan fingerprint density at radius 1 is 1.11 bits per heavy atom. The monoisotopic (exact) mass is 516 g/mol. The maximum absolute atomic E-state index is 14.8. The zero-order valence-electron chi connectivity index (χ0n) is 19.5. The quantitative estimate of drug-likeness (QED) is 0.355. The number of benzene rings is 1. The first kappa shape index (κ1) is 25.5. The molecule has 3 aromatic heterocycles. The number of anilines is 2. The average Bonchev–Trinajstić information content (AvgIpc) is 3.30. The molecule has 4 rings (SSSR count). The fourth-order valence-electron chi connectivity index (χ4n) is 3.38. The lowest BCUT2D eigenvalue weighted by Crippen LogP contribution is -2.21. The first-order chi connectivity index (χ1) is 17.5. The van der Waals surface area contributed by atoms with Crippen molar-refractivity contribution in [3.63, 3.8) is 0 Å². The smallest absolute Gasteiger partial charge is 0.434 e. The van der Waals surface area contributed by atoms with E-state index in [1.165, 1.54) is 42.9 Å². The molecule has 3 N–H and O–H groups in total. The first-order valence-corrected chi connectivity index (χ1v) is 10.6.